The topological polar surface area (TPSA) is 78.4 Å². The van der Waals surface area contributed by atoms with Gasteiger partial charge in [0.15, 0.2) is 23.0 Å². The quantitative estimate of drug-likeness (QED) is 0.0874. The van der Waals surface area contributed by atoms with Gasteiger partial charge in [0.2, 0.25) is 0 Å². The molecular formula is C33H41BrN2O5. The lowest BCUT2D eigenvalue weighted by atomic mass is 10.1. The Balaban J connectivity index is 1.60. The summed E-state index contributed by atoms with van der Waals surface area (Å²) >= 11 is 3.61. The maximum atomic E-state index is 12.8. The molecule has 0 fully saturated rings. The Morgan fingerprint density at radius 1 is 0.805 bits per heavy atom. The summed E-state index contributed by atoms with van der Waals surface area (Å²) in [5, 5.41) is 4.16. The van der Waals surface area contributed by atoms with Gasteiger partial charge in [0.05, 0.1) is 30.5 Å². The number of unbranched alkanes of at least 4 members (excludes halogenated alkanes) is 5. The summed E-state index contributed by atoms with van der Waals surface area (Å²) in [4.78, 5) is 12.8. The molecule has 8 heteroatoms. The van der Waals surface area contributed by atoms with Crippen molar-refractivity contribution in [2.75, 3.05) is 19.8 Å². The second-order valence-corrected chi connectivity index (χ2v) is 10.3. The summed E-state index contributed by atoms with van der Waals surface area (Å²) in [6.45, 7) is 8.02. The summed E-state index contributed by atoms with van der Waals surface area (Å²) in [7, 11) is 0. The molecule has 1 amide bonds. The molecule has 0 saturated carbocycles. The van der Waals surface area contributed by atoms with Crippen molar-refractivity contribution in [3.63, 3.8) is 0 Å². The Bertz CT molecular complexity index is 1250. The molecule has 220 valence electrons. The summed E-state index contributed by atoms with van der Waals surface area (Å²) in [5.74, 6) is 2.03. The first-order valence-electron chi connectivity index (χ1n) is 14.4. The van der Waals surface area contributed by atoms with Crippen LogP contribution in [0, 0.1) is 0 Å². The van der Waals surface area contributed by atoms with Gasteiger partial charge in [-0.25, -0.2) is 5.43 Å². The zero-order valence-corrected chi connectivity index (χ0v) is 25.9. The minimum absolute atomic E-state index is 0.361. The highest BCUT2D eigenvalue weighted by atomic mass is 79.9. The van der Waals surface area contributed by atoms with E-state index in [4.69, 9.17) is 18.9 Å². The number of nitrogens with zero attached hydrogens (tertiary/aromatic N) is 1. The summed E-state index contributed by atoms with van der Waals surface area (Å²) in [5.41, 5.74) is 4.80. The van der Waals surface area contributed by atoms with Gasteiger partial charge in [-0.05, 0) is 77.7 Å². The van der Waals surface area contributed by atoms with E-state index in [0.29, 0.717) is 55.0 Å². The van der Waals surface area contributed by atoms with Crippen LogP contribution in [0.2, 0.25) is 0 Å². The minimum Gasteiger partial charge on any atom is -0.490 e. The third-order valence-corrected chi connectivity index (χ3v) is 6.79. The van der Waals surface area contributed by atoms with Crippen molar-refractivity contribution in [3.8, 4) is 23.0 Å². The number of hydrogen-bond acceptors (Lipinski definition) is 6. The van der Waals surface area contributed by atoms with Crippen molar-refractivity contribution in [1.29, 1.82) is 0 Å². The summed E-state index contributed by atoms with van der Waals surface area (Å²) in [6.07, 6.45) is 8.77. The number of hydrogen-bond donors (Lipinski definition) is 1. The van der Waals surface area contributed by atoms with Crippen LogP contribution in [0.4, 0.5) is 0 Å². The molecule has 7 nitrogen and oxygen atoms in total. The van der Waals surface area contributed by atoms with Crippen LogP contribution < -0.4 is 24.4 Å². The van der Waals surface area contributed by atoms with E-state index in [0.717, 1.165) is 28.4 Å². The average molecular weight is 626 g/mol. The minimum atomic E-state index is -0.361. The fourth-order valence-corrected chi connectivity index (χ4v) is 4.70. The van der Waals surface area contributed by atoms with Gasteiger partial charge in [0.1, 0.15) is 6.61 Å². The van der Waals surface area contributed by atoms with E-state index in [-0.39, 0.29) is 5.91 Å². The Morgan fingerprint density at radius 3 is 2.29 bits per heavy atom. The zero-order chi connectivity index (χ0) is 29.3. The van der Waals surface area contributed by atoms with Crippen molar-refractivity contribution < 1.29 is 23.7 Å². The Morgan fingerprint density at radius 2 is 1.54 bits per heavy atom. The first kappa shape index (κ1) is 32.0. The van der Waals surface area contributed by atoms with Gasteiger partial charge < -0.3 is 18.9 Å². The molecule has 0 heterocycles. The van der Waals surface area contributed by atoms with Gasteiger partial charge in [0.25, 0.3) is 5.91 Å². The predicted molar refractivity (Wildman–Crippen MR) is 168 cm³/mol. The molecule has 0 aromatic heterocycles. The molecule has 3 aromatic rings. The third-order valence-electron chi connectivity index (χ3n) is 6.20. The molecule has 41 heavy (non-hydrogen) atoms. The molecule has 0 unspecified atom stereocenters. The van der Waals surface area contributed by atoms with Crippen molar-refractivity contribution >= 4 is 28.1 Å². The first-order chi connectivity index (χ1) is 20.0. The van der Waals surface area contributed by atoms with E-state index in [1.807, 2.05) is 56.3 Å². The molecular weight excluding hydrogens is 584 g/mol. The van der Waals surface area contributed by atoms with Crippen LogP contribution in [-0.4, -0.2) is 31.9 Å². The van der Waals surface area contributed by atoms with Gasteiger partial charge in [-0.1, -0.05) is 69.4 Å². The van der Waals surface area contributed by atoms with E-state index in [9.17, 15) is 4.79 Å². The molecule has 0 atom stereocenters. The molecule has 3 rings (SSSR count). The fourth-order valence-electron chi connectivity index (χ4n) is 4.12. The number of rotatable bonds is 18. The van der Waals surface area contributed by atoms with Crippen LogP contribution in [-0.2, 0) is 6.61 Å². The molecule has 0 spiro atoms. The SMILES string of the molecule is CCCCCCCCOc1c(Br)cc(/C=N/NC(=O)c2ccc(OCc3ccccc3)c(OCC)c2)cc1OCC. The molecule has 0 bridgehead atoms. The van der Waals surface area contributed by atoms with E-state index in [1.54, 1.807) is 24.4 Å². The van der Waals surface area contributed by atoms with Crippen LogP contribution in [0.5, 0.6) is 23.0 Å². The smallest absolute Gasteiger partial charge is 0.271 e. The lowest BCUT2D eigenvalue weighted by Crippen LogP contribution is -2.17. The monoisotopic (exact) mass is 624 g/mol. The zero-order valence-electron chi connectivity index (χ0n) is 24.3. The number of amides is 1. The lowest BCUT2D eigenvalue weighted by Gasteiger charge is -2.14. The molecule has 0 radical (unpaired) electrons. The van der Waals surface area contributed by atoms with Crippen LogP contribution in [0.1, 0.15) is 80.8 Å². The van der Waals surface area contributed by atoms with Gasteiger partial charge in [-0.3, -0.25) is 4.79 Å². The number of carbonyl (C=O) groups excluding carboxylic acids is 1. The predicted octanol–water partition coefficient (Wildman–Crippen LogP) is 8.33. The van der Waals surface area contributed by atoms with Crippen LogP contribution in [0.25, 0.3) is 0 Å². The molecule has 0 saturated heterocycles. The second kappa shape index (κ2) is 18.0. The standard InChI is InChI=1S/C33H41BrN2O5/c1-4-7-8-9-10-14-19-40-32-28(34)20-26(21-31(32)39-6-3)23-35-36-33(37)27-17-18-29(30(22-27)38-5-2)41-24-25-15-12-11-13-16-25/h11-13,15-18,20-23H,4-10,14,19,24H2,1-3H3,(H,36,37)/b35-23+. The van der Waals surface area contributed by atoms with E-state index < -0.39 is 0 Å². The maximum Gasteiger partial charge on any atom is 0.271 e. The largest absolute Gasteiger partial charge is 0.490 e. The maximum absolute atomic E-state index is 12.8. The highest BCUT2D eigenvalue weighted by molar-refractivity contribution is 9.10. The van der Waals surface area contributed by atoms with E-state index >= 15 is 0 Å². The van der Waals surface area contributed by atoms with Crippen molar-refractivity contribution in [2.24, 2.45) is 5.10 Å². The van der Waals surface area contributed by atoms with Gasteiger partial charge in [-0.2, -0.15) is 5.10 Å². The molecule has 0 aliphatic rings. The molecule has 0 aliphatic carbocycles. The number of nitrogens with one attached hydrogen (secondary N) is 1. The first-order valence-corrected chi connectivity index (χ1v) is 15.2. The highest BCUT2D eigenvalue weighted by Crippen LogP contribution is 2.37. The van der Waals surface area contributed by atoms with Crippen molar-refractivity contribution in [2.45, 2.75) is 65.9 Å². The number of halogens is 1. The summed E-state index contributed by atoms with van der Waals surface area (Å²) < 4.78 is 24.3. The van der Waals surface area contributed by atoms with Gasteiger partial charge in [0, 0.05) is 5.56 Å². The van der Waals surface area contributed by atoms with Crippen LogP contribution in [0.3, 0.4) is 0 Å². The summed E-state index contributed by atoms with van der Waals surface area (Å²) in [6, 6.07) is 18.7. The fraction of sp³-hybridized carbons (Fsp3) is 0.394. The van der Waals surface area contributed by atoms with E-state index in [2.05, 4.69) is 33.4 Å². The van der Waals surface area contributed by atoms with Crippen molar-refractivity contribution in [1.82, 2.24) is 5.43 Å². The highest BCUT2D eigenvalue weighted by Gasteiger charge is 2.14. The van der Waals surface area contributed by atoms with Crippen LogP contribution >= 0.6 is 15.9 Å². The number of ether oxygens (including phenoxy) is 4. The molecule has 1 N–H and O–H groups in total. The van der Waals surface area contributed by atoms with E-state index in [1.165, 1.54) is 25.7 Å². The normalized spacial score (nSPS) is 10.9. The van der Waals surface area contributed by atoms with Crippen LogP contribution in [0.15, 0.2) is 70.2 Å². The number of benzene rings is 3. The number of carbonyl (C=O) groups is 1. The number of hydrazone groups is 1. The molecule has 3 aromatic carbocycles. The third kappa shape index (κ3) is 10.8. The molecule has 0 aliphatic heterocycles. The van der Waals surface area contributed by atoms with Gasteiger partial charge >= 0.3 is 0 Å². The Kier molecular flexibility index (Phi) is 14.1. The Labute approximate surface area is 252 Å². The second-order valence-electron chi connectivity index (χ2n) is 9.45. The average Bonchev–Trinajstić information content (AvgIpc) is 2.98. The van der Waals surface area contributed by atoms with Gasteiger partial charge in [-0.15, -0.1) is 0 Å². The lowest BCUT2D eigenvalue weighted by molar-refractivity contribution is 0.0954. The van der Waals surface area contributed by atoms with Crippen molar-refractivity contribution in [3.05, 3.63) is 81.8 Å². The Hall–Kier alpha value is -3.52.